The highest BCUT2D eigenvalue weighted by Gasteiger charge is 2.47. The molecule has 0 aromatic heterocycles. The predicted molar refractivity (Wildman–Crippen MR) is 140 cm³/mol. The number of rotatable bonds is 2. The number of ketones is 2. The van der Waals surface area contributed by atoms with Crippen LogP contribution in [0.4, 0.5) is 11.4 Å². The van der Waals surface area contributed by atoms with Gasteiger partial charge in [-0.2, -0.15) is 0 Å². The first-order valence-corrected chi connectivity index (χ1v) is 12.3. The number of quaternary nitrogens is 1. The molecule has 0 saturated heterocycles. The highest BCUT2D eigenvalue weighted by atomic mass is 35.5. The Balaban J connectivity index is 1.27. The van der Waals surface area contributed by atoms with Gasteiger partial charge in [0, 0.05) is 21.7 Å². The number of imide groups is 1. The summed E-state index contributed by atoms with van der Waals surface area (Å²) in [5.41, 5.74) is 3.26. The van der Waals surface area contributed by atoms with Crippen molar-refractivity contribution < 1.29 is 24.5 Å². The number of nitrogens with zero attached hydrogens (tertiary/aromatic N) is 1. The molecule has 7 heteroatoms. The molecule has 0 saturated carbocycles. The lowest BCUT2D eigenvalue weighted by atomic mass is 9.90. The molecule has 2 heterocycles. The van der Waals surface area contributed by atoms with Crippen LogP contribution in [0.3, 0.4) is 0 Å². The molecule has 2 aliphatic heterocycles. The van der Waals surface area contributed by atoms with Crippen LogP contribution in [-0.4, -0.2) is 29.4 Å². The fourth-order valence-electron chi connectivity index (χ4n) is 5.65. The summed E-state index contributed by atoms with van der Waals surface area (Å²) in [6.45, 7) is 0. The number of para-hydroxylation sites is 1. The van der Waals surface area contributed by atoms with Gasteiger partial charge in [0.05, 0.1) is 11.1 Å². The van der Waals surface area contributed by atoms with Gasteiger partial charge in [-0.25, -0.2) is 4.90 Å². The maximum atomic E-state index is 13.5. The summed E-state index contributed by atoms with van der Waals surface area (Å²) in [6, 6.07) is 20.7. The molecule has 37 heavy (non-hydrogen) atoms. The monoisotopic (exact) mass is 505 g/mol. The normalized spacial score (nSPS) is 18.5. The zero-order valence-corrected chi connectivity index (χ0v) is 20.0. The van der Waals surface area contributed by atoms with E-state index in [2.05, 4.69) is 0 Å². The summed E-state index contributed by atoms with van der Waals surface area (Å²) < 4.78 is 0. The molecular weight excluding hydrogens is 488 g/mol. The van der Waals surface area contributed by atoms with E-state index in [1.807, 2.05) is 47.8 Å². The van der Waals surface area contributed by atoms with E-state index < -0.39 is 23.8 Å². The van der Waals surface area contributed by atoms with Gasteiger partial charge in [-0.1, -0.05) is 41.9 Å². The molecule has 0 fully saturated rings. The molecular formula is C30H18ClN2O4+. The Morgan fingerprint density at radius 1 is 0.703 bits per heavy atom. The summed E-state index contributed by atoms with van der Waals surface area (Å²) in [5.74, 6) is -2.22. The summed E-state index contributed by atoms with van der Waals surface area (Å²) in [5, 5.41) is 4.01. The second-order valence-corrected chi connectivity index (χ2v) is 9.91. The molecule has 0 spiro atoms. The van der Waals surface area contributed by atoms with Crippen molar-refractivity contribution in [2.24, 2.45) is 5.92 Å². The average Bonchev–Trinajstić information content (AvgIpc) is 3.30. The molecule has 4 aromatic carbocycles. The molecule has 178 valence electrons. The summed E-state index contributed by atoms with van der Waals surface area (Å²) in [6.07, 6.45) is 3.69. The summed E-state index contributed by atoms with van der Waals surface area (Å²) in [4.78, 5) is 54.6. The standard InChI is InChI=1S/C30H17ClN2O4/c31-18-9-10-19-22(14-18)30(37)33(29(19)36)24-7-3-6-15-8-11-23(32-26(15)24)25-27(34)20-12-16-4-1-2-5-17(16)13-21(20)28(25)35/h1-14,23,25,32H/p+1. The van der Waals surface area contributed by atoms with Gasteiger partial charge >= 0.3 is 0 Å². The first-order chi connectivity index (χ1) is 17.9. The van der Waals surface area contributed by atoms with E-state index in [1.54, 1.807) is 36.4 Å². The smallest absolute Gasteiger partial charge is 0.266 e. The second-order valence-electron chi connectivity index (χ2n) is 9.47. The van der Waals surface area contributed by atoms with Crippen molar-refractivity contribution in [3.63, 3.8) is 0 Å². The fourth-order valence-corrected chi connectivity index (χ4v) is 5.82. The van der Waals surface area contributed by atoms with Crippen LogP contribution in [-0.2, 0) is 0 Å². The Morgan fingerprint density at radius 3 is 2.08 bits per heavy atom. The number of carbonyl (C=O) groups is 4. The van der Waals surface area contributed by atoms with Crippen molar-refractivity contribution in [2.45, 2.75) is 6.04 Å². The zero-order valence-electron chi connectivity index (χ0n) is 19.3. The van der Waals surface area contributed by atoms with Crippen LogP contribution in [0.5, 0.6) is 0 Å². The van der Waals surface area contributed by atoms with Crippen molar-refractivity contribution >= 4 is 63.2 Å². The van der Waals surface area contributed by atoms with Crippen LogP contribution in [0.2, 0.25) is 5.02 Å². The van der Waals surface area contributed by atoms with Crippen LogP contribution >= 0.6 is 11.6 Å². The minimum atomic E-state index is -0.898. The van der Waals surface area contributed by atoms with Crippen molar-refractivity contribution in [3.8, 4) is 0 Å². The first kappa shape index (κ1) is 21.9. The van der Waals surface area contributed by atoms with Crippen molar-refractivity contribution in [1.29, 1.82) is 0 Å². The Hall–Kier alpha value is -4.39. The van der Waals surface area contributed by atoms with Crippen LogP contribution in [0.25, 0.3) is 16.8 Å². The molecule has 1 atom stereocenters. The third-order valence-corrected chi connectivity index (χ3v) is 7.67. The minimum absolute atomic E-state index is 0.215. The molecule has 0 bridgehead atoms. The molecule has 2 N–H and O–H groups in total. The zero-order chi connectivity index (χ0) is 25.4. The molecule has 0 radical (unpaired) electrons. The lowest BCUT2D eigenvalue weighted by molar-refractivity contribution is -0.602. The van der Waals surface area contributed by atoms with Crippen molar-refractivity contribution in [2.75, 3.05) is 4.90 Å². The number of hydrogen-bond acceptors (Lipinski definition) is 4. The van der Waals surface area contributed by atoms with E-state index in [4.69, 9.17) is 11.6 Å². The summed E-state index contributed by atoms with van der Waals surface area (Å²) in [7, 11) is 0. The number of carbonyl (C=O) groups excluding carboxylic acids is 4. The topological polar surface area (TPSA) is 88.1 Å². The van der Waals surface area contributed by atoms with Crippen LogP contribution in [0.1, 0.15) is 47.0 Å². The van der Waals surface area contributed by atoms with E-state index in [0.717, 1.165) is 21.2 Å². The average molecular weight is 506 g/mol. The SMILES string of the molecule is O=C1c2cc3ccccc3cc2C(=O)C1C1C=Cc2cccc(N3C(=O)c4ccc(Cl)cc4C3=O)c2[NH2+]1. The fraction of sp³-hybridized carbons (Fsp3) is 0.0667. The van der Waals surface area contributed by atoms with Gasteiger partial charge in [0.25, 0.3) is 11.8 Å². The Kier molecular flexibility index (Phi) is 4.61. The predicted octanol–water partition coefficient (Wildman–Crippen LogP) is 4.58. The van der Waals surface area contributed by atoms with Crippen LogP contribution < -0.4 is 10.2 Å². The van der Waals surface area contributed by atoms with Gasteiger partial charge in [-0.3, -0.25) is 19.2 Å². The highest BCUT2D eigenvalue weighted by molar-refractivity contribution is 6.37. The van der Waals surface area contributed by atoms with Gasteiger partial charge in [-0.05, 0) is 65.4 Å². The number of Topliss-reactive ketones (excluding diaryl/α,β-unsaturated/α-hetero) is 2. The maximum absolute atomic E-state index is 13.5. The number of halogens is 1. The van der Waals surface area contributed by atoms with Gasteiger partial charge in [-0.15, -0.1) is 0 Å². The van der Waals surface area contributed by atoms with E-state index in [9.17, 15) is 19.2 Å². The first-order valence-electron chi connectivity index (χ1n) is 11.9. The van der Waals surface area contributed by atoms with Gasteiger partial charge in [0.2, 0.25) is 0 Å². The van der Waals surface area contributed by atoms with Crippen molar-refractivity contribution in [1.82, 2.24) is 0 Å². The Labute approximate surface area is 216 Å². The maximum Gasteiger partial charge on any atom is 0.266 e. The van der Waals surface area contributed by atoms with Crippen LogP contribution in [0, 0.1) is 5.92 Å². The van der Waals surface area contributed by atoms with Gasteiger partial charge in [0.1, 0.15) is 17.6 Å². The van der Waals surface area contributed by atoms with Gasteiger partial charge < -0.3 is 5.32 Å². The van der Waals surface area contributed by atoms with Gasteiger partial charge in [0.15, 0.2) is 17.3 Å². The van der Waals surface area contributed by atoms with E-state index in [-0.39, 0.29) is 17.1 Å². The third kappa shape index (κ3) is 3.10. The summed E-state index contributed by atoms with van der Waals surface area (Å²) >= 11 is 6.08. The number of hydrogen-bond donors (Lipinski definition) is 1. The van der Waals surface area contributed by atoms with Crippen LogP contribution in [0.15, 0.2) is 78.9 Å². The Morgan fingerprint density at radius 2 is 1.38 bits per heavy atom. The van der Waals surface area contributed by atoms with E-state index in [1.165, 1.54) is 6.07 Å². The second kappa shape index (κ2) is 7.80. The molecule has 1 unspecified atom stereocenters. The lowest BCUT2D eigenvalue weighted by Gasteiger charge is -2.25. The number of anilines is 1. The molecule has 2 amide bonds. The molecule has 7 rings (SSSR count). The van der Waals surface area contributed by atoms with Crippen molar-refractivity contribution in [3.05, 3.63) is 112 Å². The number of benzene rings is 4. The molecule has 3 aliphatic rings. The minimum Gasteiger partial charge on any atom is -0.305 e. The molecule has 4 aromatic rings. The Bertz CT molecular complexity index is 1720. The number of amides is 2. The molecule has 6 nitrogen and oxygen atoms in total. The number of nitrogens with two attached hydrogens (primary N) is 1. The molecule has 1 aliphatic carbocycles. The largest absolute Gasteiger partial charge is 0.305 e. The number of fused-ring (bicyclic) bond motifs is 4. The van der Waals surface area contributed by atoms with E-state index in [0.29, 0.717) is 33.1 Å². The van der Waals surface area contributed by atoms with E-state index >= 15 is 0 Å². The highest BCUT2D eigenvalue weighted by Crippen LogP contribution is 2.38. The quantitative estimate of drug-likeness (QED) is 0.245. The lowest BCUT2D eigenvalue weighted by Crippen LogP contribution is -2.87. The third-order valence-electron chi connectivity index (χ3n) is 7.43.